The molecule has 0 aliphatic carbocycles. The van der Waals surface area contributed by atoms with Gasteiger partial charge < -0.3 is 0 Å². The van der Waals surface area contributed by atoms with E-state index in [1.807, 2.05) is 0 Å². The summed E-state index contributed by atoms with van der Waals surface area (Å²) in [5, 5.41) is 0. The van der Waals surface area contributed by atoms with Gasteiger partial charge in [0, 0.05) is 0 Å². The minimum absolute atomic E-state index is 0.420. The molecule has 1 nitrogen and oxygen atoms in total. The Morgan fingerprint density at radius 2 is 1.75 bits per heavy atom. The molecule has 0 amide bonds. The van der Waals surface area contributed by atoms with E-state index in [1.165, 1.54) is 32.4 Å². The second kappa shape index (κ2) is 3.67. The monoisotopic (exact) mass is 226 g/mol. The topological polar surface area (TPSA) is 3.24 Å². The standard InChI is InChI=1S/C6H13IN/c1-7-8-5-3-2-4-6-8/h2-6H2,1H3/q-1. The van der Waals surface area contributed by atoms with Crippen molar-refractivity contribution >= 4 is 0 Å². The molecule has 0 aromatic rings. The van der Waals surface area contributed by atoms with Gasteiger partial charge in [-0.25, -0.2) is 0 Å². The number of halogens is 1. The van der Waals surface area contributed by atoms with E-state index in [0.29, 0.717) is 21.5 Å². The van der Waals surface area contributed by atoms with Crippen LogP contribution in [0.3, 0.4) is 0 Å². The van der Waals surface area contributed by atoms with Gasteiger partial charge in [-0.2, -0.15) is 0 Å². The van der Waals surface area contributed by atoms with E-state index >= 15 is 0 Å². The summed E-state index contributed by atoms with van der Waals surface area (Å²) >= 11 is 0.420. The summed E-state index contributed by atoms with van der Waals surface area (Å²) < 4.78 is 2.63. The maximum atomic E-state index is 2.63. The van der Waals surface area contributed by atoms with E-state index in [2.05, 4.69) is 8.04 Å². The van der Waals surface area contributed by atoms with Crippen LogP contribution in [0.5, 0.6) is 0 Å². The van der Waals surface area contributed by atoms with Gasteiger partial charge in [0.2, 0.25) is 0 Å². The zero-order valence-corrected chi connectivity index (χ0v) is 7.52. The molecule has 0 bridgehead atoms. The Bertz CT molecular complexity index is 59.5. The van der Waals surface area contributed by atoms with Gasteiger partial charge in [0.1, 0.15) is 0 Å². The zero-order chi connectivity index (χ0) is 5.82. The van der Waals surface area contributed by atoms with Crippen molar-refractivity contribution in [2.45, 2.75) is 19.3 Å². The molecule has 0 saturated carbocycles. The fourth-order valence-corrected chi connectivity index (χ4v) is 2.67. The molecule has 1 aliphatic heterocycles. The van der Waals surface area contributed by atoms with Crippen molar-refractivity contribution < 1.29 is 21.5 Å². The molecule has 0 spiro atoms. The summed E-state index contributed by atoms with van der Waals surface area (Å²) in [7, 11) is 0. The number of hydrogen-bond acceptors (Lipinski definition) is 1. The van der Waals surface area contributed by atoms with Crippen LogP contribution in [-0.4, -0.2) is 21.1 Å². The molecule has 1 aliphatic rings. The number of piperidine rings is 1. The number of rotatable bonds is 1. The molecule has 0 aromatic heterocycles. The summed E-state index contributed by atoms with van der Waals surface area (Å²) in [6.45, 7) is 2.79. The first-order chi connectivity index (χ1) is 3.93. The van der Waals surface area contributed by atoms with E-state index in [-0.39, 0.29) is 0 Å². The van der Waals surface area contributed by atoms with Crippen LogP contribution < -0.4 is 21.5 Å². The second-order valence-electron chi connectivity index (χ2n) is 2.14. The van der Waals surface area contributed by atoms with Crippen molar-refractivity contribution in [1.82, 2.24) is 3.11 Å². The van der Waals surface area contributed by atoms with Gasteiger partial charge in [-0.1, -0.05) is 0 Å². The third-order valence-corrected chi connectivity index (χ3v) is 3.87. The van der Waals surface area contributed by atoms with E-state index in [0.717, 1.165) is 0 Å². The average molecular weight is 226 g/mol. The summed E-state index contributed by atoms with van der Waals surface area (Å²) in [6.07, 6.45) is 4.38. The van der Waals surface area contributed by atoms with E-state index in [4.69, 9.17) is 0 Å². The Hall–Kier alpha value is 0.690. The molecule has 1 fully saturated rings. The van der Waals surface area contributed by atoms with Gasteiger partial charge in [-0.15, -0.1) is 0 Å². The quantitative estimate of drug-likeness (QED) is 0.287. The molecule has 1 heterocycles. The Morgan fingerprint density at radius 1 is 1.12 bits per heavy atom. The van der Waals surface area contributed by atoms with Crippen LogP contribution in [0.15, 0.2) is 0 Å². The molecule has 8 heavy (non-hydrogen) atoms. The molecule has 0 unspecified atom stereocenters. The normalized spacial score (nSPS) is 24.1. The number of alkyl halides is 1. The molecule has 0 aromatic carbocycles. The molecule has 50 valence electrons. The van der Waals surface area contributed by atoms with Gasteiger partial charge in [0.15, 0.2) is 0 Å². The number of nitrogens with zero attached hydrogens (tertiary/aromatic N) is 1. The second-order valence-corrected chi connectivity index (χ2v) is 4.47. The Morgan fingerprint density at radius 3 is 2.12 bits per heavy atom. The van der Waals surface area contributed by atoms with Crippen molar-refractivity contribution in [3.8, 4) is 0 Å². The first-order valence-electron chi connectivity index (χ1n) is 3.18. The average Bonchev–Trinajstić information content (AvgIpc) is 1.90. The summed E-state index contributed by atoms with van der Waals surface area (Å²) in [5.74, 6) is 0. The number of hydrogen-bond donors (Lipinski definition) is 0. The van der Waals surface area contributed by atoms with Gasteiger partial charge >= 0.3 is 61.9 Å². The fraction of sp³-hybridized carbons (Fsp3) is 1.00. The van der Waals surface area contributed by atoms with Crippen molar-refractivity contribution in [2.24, 2.45) is 0 Å². The first-order valence-corrected chi connectivity index (χ1v) is 6.30. The third kappa shape index (κ3) is 1.90. The van der Waals surface area contributed by atoms with Gasteiger partial charge in [-0.05, 0) is 0 Å². The predicted octanol–water partition coefficient (Wildman–Crippen LogP) is -1.89. The molecular formula is C6H13IN-. The van der Waals surface area contributed by atoms with Crippen LogP contribution >= 0.6 is 0 Å². The summed E-state index contributed by atoms with van der Waals surface area (Å²) in [5.41, 5.74) is 0. The minimum atomic E-state index is 0.420. The summed E-state index contributed by atoms with van der Waals surface area (Å²) in [6, 6.07) is 0. The van der Waals surface area contributed by atoms with E-state index in [1.54, 1.807) is 0 Å². The SMILES string of the molecule is C[I-]N1CCCCC1. The van der Waals surface area contributed by atoms with Gasteiger partial charge in [0.25, 0.3) is 0 Å². The zero-order valence-electron chi connectivity index (χ0n) is 5.36. The Labute approximate surface area is 62.1 Å². The van der Waals surface area contributed by atoms with Crippen LogP contribution in [0, 0.1) is 0 Å². The van der Waals surface area contributed by atoms with Crippen molar-refractivity contribution in [3.63, 3.8) is 0 Å². The van der Waals surface area contributed by atoms with Crippen molar-refractivity contribution in [1.29, 1.82) is 0 Å². The molecular weight excluding hydrogens is 213 g/mol. The predicted molar refractivity (Wildman–Crippen MR) is 31.3 cm³/mol. The molecule has 2 heteroatoms. The molecule has 0 atom stereocenters. The van der Waals surface area contributed by atoms with Crippen molar-refractivity contribution in [2.75, 3.05) is 18.0 Å². The van der Waals surface area contributed by atoms with E-state index < -0.39 is 0 Å². The third-order valence-electron chi connectivity index (χ3n) is 1.54. The van der Waals surface area contributed by atoms with Crippen LogP contribution in [-0.2, 0) is 0 Å². The summed E-state index contributed by atoms with van der Waals surface area (Å²) in [4.78, 5) is 2.35. The molecule has 0 radical (unpaired) electrons. The Kier molecular flexibility index (Phi) is 3.12. The molecule has 1 rings (SSSR count). The van der Waals surface area contributed by atoms with Crippen LogP contribution in [0.2, 0.25) is 0 Å². The van der Waals surface area contributed by atoms with Crippen LogP contribution in [0.1, 0.15) is 19.3 Å². The maximum absolute atomic E-state index is 2.63. The first kappa shape index (κ1) is 6.81. The van der Waals surface area contributed by atoms with Crippen LogP contribution in [0.25, 0.3) is 0 Å². The Balaban J connectivity index is 2.13. The molecule has 1 saturated heterocycles. The van der Waals surface area contributed by atoms with Gasteiger partial charge in [0.05, 0.1) is 0 Å². The molecule has 0 N–H and O–H groups in total. The van der Waals surface area contributed by atoms with E-state index in [9.17, 15) is 0 Å². The fourth-order valence-electron chi connectivity index (χ4n) is 1.02. The van der Waals surface area contributed by atoms with Crippen molar-refractivity contribution in [3.05, 3.63) is 0 Å². The van der Waals surface area contributed by atoms with Gasteiger partial charge in [-0.3, -0.25) is 0 Å². The van der Waals surface area contributed by atoms with Crippen LogP contribution in [0.4, 0.5) is 0 Å².